The Hall–Kier alpha value is -2.58. The van der Waals surface area contributed by atoms with E-state index in [2.05, 4.69) is 10.0 Å². The van der Waals surface area contributed by atoms with Crippen LogP contribution >= 0.6 is 11.3 Å². The third-order valence-electron chi connectivity index (χ3n) is 3.12. The van der Waals surface area contributed by atoms with Crippen LogP contribution in [0.4, 0.5) is 11.4 Å². The fourth-order valence-corrected chi connectivity index (χ4v) is 4.33. The molecule has 0 unspecified atom stereocenters. The van der Waals surface area contributed by atoms with E-state index in [1.807, 2.05) is 6.92 Å². The standard InChI is InChI=1S/C16H14N2O4S2/c1-11-4-9-15(23-11)24(20,21)18-13-7-5-12(6-8-13)17-16(19)14-3-2-10-22-14/h2-10,18H,1H3,(H,17,19). The molecule has 0 atom stereocenters. The van der Waals surface area contributed by atoms with Crippen molar-refractivity contribution in [2.75, 3.05) is 10.0 Å². The Morgan fingerprint density at radius 1 is 1.04 bits per heavy atom. The normalized spacial score (nSPS) is 11.2. The van der Waals surface area contributed by atoms with Crippen molar-refractivity contribution < 1.29 is 17.6 Å². The van der Waals surface area contributed by atoms with Crippen molar-refractivity contribution in [3.8, 4) is 0 Å². The molecule has 3 aromatic rings. The summed E-state index contributed by atoms with van der Waals surface area (Å²) in [6.45, 7) is 1.85. The fraction of sp³-hybridized carbons (Fsp3) is 0.0625. The highest BCUT2D eigenvalue weighted by Crippen LogP contribution is 2.24. The Bertz CT molecular complexity index is 942. The molecule has 1 amide bonds. The van der Waals surface area contributed by atoms with Crippen molar-refractivity contribution in [1.29, 1.82) is 0 Å². The first-order chi connectivity index (χ1) is 11.4. The van der Waals surface area contributed by atoms with Crippen molar-refractivity contribution in [2.45, 2.75) is 11.1 Å². The quantitative estimate of drug-likeness (QED) is 0.724. The molecule has 0 radical (unpaired) electrons. The highest BCUT2D eigenvalue weighted by molar-refractivity contribution is 7.94. The van der Waals surface area contributed by atoms with Gasteiger partial charge in [0.2, 0.25) is 0 Å². The molecule has 124 valence electrons. The van der Waals surface area contributed by atoms with E-state index in [0.717, 1.165) is 4.88 Å². The lowest BCUT2D eigenvalue weighted by molar-refractivity contribution is 0.0996. The first-order valence-electron chi connectivity index (χ1n) is 6.98. The average Bonchev–Trinajstić information content (AvgIpc) is 3.20. The van der Waals surface area contributed by atoms with Gasteiger partial charge in [0.1, 0.15) is 4.21 Å². The number of amides is 1. The Morgan fingerprint density at radius 2 is 1.75 bits per heavy atom. The van der Waals surface area contributed by atoms with Gasteiger partial charge in [-0.1, -0.05) is 0 Å². The SMILES string of the molecule is Cc1ccc(S(=O)(=O)Nc2ccc(NC(=O)c3ccco3)cc2)s1. The number of thiophene rings is 1. The van der Waals surface area contributed by atoms with E-state index in [4.69, 9.17) is 4.42 Å². The molecule has 1 aromatic carbocycles. The summed E-state index contributed by atoms with van der Waals surface area (Å²) >= 11 is 1.21. The predicted molar refractivity (Wildman–Crippen MR) is 93.0 cm³/mol. The molecular weight excluding hydrogens is 348 g/mol. The summed E-state index contributed by atoms with van der Waals surface area (Å²) in [6, 6.07) is 12.9. The zero-order valence-corrected chi connectivity index (χ0v) is 14.3. The molecular formula is C16H14N2O4S2. The number of benzene rings is 1. The van der Waals surface area contributed by atoms with E-state index in [1.54, 1.807) is 48.5 Å². The van der Waals surface area contributed by atoms with Gasteiger partial charge in [-0.25, -0.2) is 8.42 Å². The molecule has 24 heavy (non-hydrogen) atoms. The summed E-state index contributed by atoms with van der Waals surface area (Å²) in [5.74, 6) is -0.171. The lowest BCUT2D eigenvalue weighted by Crippen LogP contribution is -2.12. The number of nitrogens with one attached hydrogen (secondary N) is 2. The summed E-state index contributed by atoms with van der Waals surface area (Å²) in [5.41, 5.74) is 0.948. The number of aryl methyl sites for hydroxylation is 1. The van der Waals surface area contributed by atoms with Gasteiger partial charge in [-0.2, -0.15) is 0 Å². The summed E-state index contributed by atoms with van der Waals surface area (Å²) in [4.78, 5) is 12.8. The van der Waals surface area contributed by atoms with Crippen LogP contribution < -0.4 is 10.0 Å². The molecule has 3 rings (SSSR count). The molecule has 0 aliphatic heterocycles. The fourth-order valence-electron chi connectivity index (χ4n) is 1.98. The minimum Gasteiger partial charge on any atom is -0.459 e. The van der Waals surface area contributed by atoms with E-state index < -0.39 is 10.0 Å². The highest BCUT2D eigenvalue weighted by Gasteiger charge is 2.16. The number of carbonyl (C=O) groups is 1. The number of hydrogen-bond acceptors (Lipinski definition) is 5. The molecule has 2 heterocycles. The van der Waals surface area contributed by atoms with Crippen molar-refractivity contribution in [1.82, 2.24) is 0 Å². The van der Waals surface area contributed by atoms with Gasteiger partial charge in [0.05, 0.1) is 6.26 Å². The Morgan fingerprint density at radius 3 is 2.33 bits per heavy atom. The summed E-state index contributed by atoms with van der Waals surface area (Å²) in [5, 5.41) is 2.66. The van der Waals surface area contributed by atoms with Gasteiger partial charge in [0.25, 0.3) is 15.9 Å². The smallest absolute Gasteiger partial charge is 0.291 e. The van der Waals surface area contributed by atoms with E-state index in [1.165, 1.54) is 17.6 Å². The number of sulfonamides is 1. The zero-order chi connectivity index (χ0) is 17.2. The number of carbonyl (C=O) groups excluding carboxylic acids is 1. The van der Waals surface area contributed by atoms with Crippen molar-refractivity contribution in [3.05, 3.63) is 65.4 Å². The largest absolute Gasteiger partial charge is 0.459 e. The molecule has 0 saturated heterocycles. The topological polar surface area (TPSA) is 88.4 Å². The van der Waals surface area contributed by atoms with Gasteiger partial charge in [0, 0.05) is 16.3 Å². The van der Waals surface area contributed by atoms with Gasteiger partial charge >= 0.3 is 0 Å². The number of furan rings is 1. The van der Waals surface area contributed by atoms with Crippen LogP contribution in [0.2, 0.25) is 0 Å². The van der Waals surface area contributed by atoms with Crippen LogP contribution in [0.1, 0.15) is 15.4 Å². The molecule has 6 nitrogen and oxygen atoms in total. The van der Waals surface area contributed by atoms with Crippen molar-refractivity contribution in [3.63, 3.8) is 0 Å². The summed E-state index contributed by atoms with van der Waals surface area (Å²) in [6.07, 6.45) is 1.42. The minimum absolute atomic E-state index is 0.202. The Kier molecular flexibility index (Phi) is 4.41. The minimum atomic E-state index is -3.60. The molecule has 2 aromatic heterocycles. The summed E-state index contributed by atoms with van der Waals surface area (Å²) in [7, 11) is -3.60. The maximum absolute atomic E-state index is 12.3. The second kappa shape index (κ2) is 6.50. The van der Waals surface area contributed by atoms with E-state index in [0.29, 0.717) is 11.4 Å². The lowest BCUT2D eigenvalue weighted by Gasteiger charge is -2.08. The monoisotopic (exact) mass is 362 g/mol. The van der Waals surface area contributed by atoms with Crippen LogP contribution in [0.15, 0.2) is 63.4 Å². The molecule has 0 saturated carbocycles. The van der Waals surface area contributed by atoms with E-state index in [9.17, 15) is 13.2 Å². The maximum atomic E-state index is 12.3. The van der Waals surface area contributed by atoms with Gasteiger partial charge in [-0.3, -0.25) is 9.52 Å². The third kappa shape index (κ3) is 3.66. The lowest BCUT2D eigenvalue weighted by atomic mass is 10.3. The van der Waals surface area contributed by atoms with Crippen LogP contribution in [0.3, 0.4) is 0 Å². The number of hydrogen-bond donors (Lipinski definition) is 2. The van der Waals surface area contributed by atoms with Crippen molar-refractivity contribution >= 4 is 38.6 Å². The number of anilines is 2. The molecule has 8 heteroatoms. The van der Waals surface area contributed by atoms with Crippen LogP contribution in [0.5, 0.6) is 0 Å². The van der Waals surface area contributed by atoms with Gasteiger partial charge in [0.15, 0.2) is 5.76 Å². The molecule has 0 aliphatic rings. The average molecular weight is 362 g/mol. The van der Waals surface area contributed by atoms with E-state index >= 15 is 0 Å². The summed E-state index contributed by atoms with van der Waals surface area (Å²) < 4.78 is 32.3. The van der Waals surface area contributed by atoms with Crippen LogP contribution in [-0.2, 0) is 10.0 Å². The highest BCUT2D eigenvalue weighted by atomic mass is 32.2. The van der Waals surface area contributed by atoms with Gasteiger partial charge in [-0.15, -0.1) is 11.3 Å². The van der Waals surface area contributed by atoms with Gasteiger partial charge in [-0.05, 0) is 55.5 Å². The third-order valence-corrected chi connectivity index (χ3v) is 5.99. The molecule has 0 bridgehead atoms. The van der Waals surface area contributed by atoms with Gasteiger partial charge < -0.3 is 9.73 Å². The van der Waals surface area contributed by atoms with Crippen LogP contribution in [0.25, 0.3) is 0 Å². The molecule has 0 fully saturated rings. The van der Waals surface area contributed by atoms with Crippen LogP contribution in [-0.4, -0.2) is 14.3 Å². The first kappa shape index (κ1) is 16.3. The second-order valence-electron chi connectivity index (χ2n) is 4.98. The molecule has 2 N–H and O–H groups in total. The van der Waals surface area contributed by atoms with Crippen molar-refractivity contribution in [2.24, 2.45) is 0 Å². The first-order valence-corrected chi connectivity index (χ1v) is 9.28. The predicted octanol–water partition coefficient (Wildman–Crippen LogP) is 3.70. The van der Waals surface area contributed by atoms with E-state index in [-0.39, 0.29) is 15.9 Å². The second-order valence-corrected chi connectivity index (χ2v) is 8.18. The molecule has 0 aliphatic carbocycles. The Balaban J connectivity index is 1.69. The zero-order valence-electron chi connectivity index (χ0n) is 12.6. The number of rotatable bonds is 5. The Labute approximate surface area is 143 Å². The molecule has 0 spiro atoms. The maximum Gasteiger partial charge on any atom is 0.291 e. The van der Waals surface area contributed by atoms with Crippen LogP contribution in [0, 0.1) is 6.92 Å².